The van der Waals surface area contributed by atoms with Crippen molar-refractivity contribution in [2.45, 2.75) is 26.0 Å². The summed E-state index contributed by atoms with van der Waals surface area (Å²) in [5.74, 6) is 0.175. The molecule has 1 aromatic rings. The van der Waals surface area contributed by atoms with Gasteiger partial charge in [-0.2, -0.15) is 0 Å². The van der Waals surface area contributed by atoms with Crippen molar-refractivity contribution in [2.24, 2.45) is 0 Å². The number of ether oxygens (including phenoxy) is 2. The molecule has 0 aromatic heterocycles. The largest absolute Gasteiger partial charge is 0.497 e. The normalized spacial score (nSPS) is 18.7. The molecule has 1 aliphatic heterocycles. The van der Waals surface area contributed by atoms with Crippen molar-refractivity contribution >= 4 is 11.8 Å². The first-order valence-corrected chi connectivity index (χ1v) is 6.29. The van der Waals surface area contributed by atoms with E-state index in [1.807, 2.05) is 6.92 Å². The van der Waals surface area contributed by atoms with Gasteiger partial charge in [0, 0.05) is 25.0 Å². The molecule has 0 radical (unpaired) electrons. The molecule has 1 fully saturated rings. The van der Waals surface area contributed by atoms with Crippen molar-refractivity contribution in [3.8, 4) is 5.75 Å². The SMILES string of the molecule is CCOC1CCC(=O)N1C(=O)c1ccc(OC)cc1. The minimum atomic E-state index is -0.438. The third-order valence-corrected chi connectivity index (χ3v) is 3.08. The summed E-state index contributed by atoms with van der Waals surface area (Å²) in [4.78, 5) is 25.3. The molecular weight excluding hydrogens is 246 g/mol. The molecule has 0 bridgehead atoms. The lowest BCUT2D eigenvalue weighted by molar-refractivity contribution is -0.131. The maximum Gasteiger partial charge on any atom is 0.262 e. The zero-order valence-electron chi connectivity index (χ0n) is 11.1. The fourth-order valence-corrected chi connectivity index (χ4v) is 2.12. The Hall–Kier alpha value is -1.88. The van der Waals surface area contributed by atoms with E-state index >= 15 is 0 Å². The van der Waals surface area contributed by atoms with E-state index in [0.717, 1.165) is 0 Å². The number of carbonyl (C=O) groups is 2. The van der Waals surface area contributed by atoms with Crippen molar-refractivity contribution in [2.75, 3.05) is 13.7 Å². The summed E-state index contributed by atoms with van der Waals surface area (Å²) in [7, 11) is 1.56. The van der Waals surface area contributed by atoms with Crippen LogP contribution in [0.5, 0.6) is 5.75 Å². The highest BCUT2D eigenvalue weighted by molar-refractivity contribution is 6.05. The van der Waals surface area contributed by atoms with Crippen LogP contribution in [0.1, 0.15) is 30.1 Å². The van der Waals surface area contributed by atoms with Gasteiger partial charge in [0.25, 0.3) is 5.91 Å². The second-order valence-corrected chi connectivity index (χ2v) is 4.25. The summed E-state index contributed by atoms with van der Waals surface area (Å²) < 4.78 is 10.5. The van der Waals surface area contributed by atoms with Crippen LogP contribution in [0, 0.1) is 0 Å². The molecule has 1 aliphatic rings. The monoisotopic (exact) mass is 263 g/mol. The number of carbonyl (C=O) groups excluding carboxylic acids is 2. The molecule has 0 aliphatic carbocycles. The molecule has 0 spiro atoms. The molecule has 0 N–H and O–H groups in total. The van der Waals surface area contributed by atoms with Crippen LogP contribution < -0.4 is 4.74 Å². The van der Waals surface area contributed by atoms with E-state index in [-0.39, 0.29) is 11.8 Å². The van der Waals surface area contributed by atoms with E-state index < -0.39 is 6.23 Å². The third-order valence-electron chi connectivity index (χ3n) is 3.08. The van der Waals surface area contributed by atoms with Crippen LogP contribution >= 0.6 is 0 Å². The van der Waals surface area contributed by atoms with E-state index in [1.165, 1.54) is 4.90 Å². The lowest BCUT2D eigenvalue weighted by Gasteiger charge is -2.22. The topological polar surface area (TPSA) is 55.8 Å². The average molecular weight is 263 g/mol. The lowest BCUT2D eigenvalue weighted by Crippen LogP contribution is -2.40. The van der Waals surface area contributed by atoms with Gasteiger partial charge < -0.3 is 9.47 Å². The number of hydrogen-bond acceptors (Lipinski definition) is 4. The van der Waals surface area contributed by atoms with Crippen molar-refractivity contribution in [1.82, 2.24) is 4.90 Å². The van der Waals surface area contributed by atoms with Crippen LogP contribution in [0.2, 0.25) is 0 Å². The average Bonchev–Trinajstić information content (AvgIpc) is 2.80. The smallest absolute Gasteiger partial charge is 0.262 e. The van der Waals surface area contributed by atoms with Gasteiger partial charge in [-0.1, -0.05) is 0 Å². The predicted molar refractivity (Wildman–Crippen MR) is 68.8 cm³/mol. The molecule has 5 heteroatoms. The number of rotatable bonds is 4. The van der Waals surface area contributed by atoms with Crippen LogP contribution in [0.4, 0.5) is 0 Å². The fraction of sp³-hybridized carbons (Fsp3) is 0.429. The van der Waals surface area contributed by atoms with Crippen molar-refractivity contribution in [3.63, 3.8) is 0 Å². The zero-order valence-corrected chi connectivity index (χ0v) is 11.1. The Labute approximate surface area is 112 Å². The van der Waals surface area contributed by atoms with Gasteiger partial charge in [-0.25, -0.2) is 0 Å². The maximum absolute atomic E-state index is 12.3. The van der Waals surface area contributed by atoms with Gasteiger partial charge in [-0.15, -0.1) is 0 Å². The molecule has 1 atom stereocenters. The molecule has 102 valence electrons. The van der Waals surface area contributed by atoms with Gasteiger partial charge in [-0.05, 0) is 31.2 Å². The summed E-state index contributed by atoms with van der Waals surface area (Å²) in [6, 6.07) is 6.69. The lowest BCUT2D eigenvalue weighted by atomic mass is 10.2. The van der Waals surface area contributed by atoms with Crippen molar-refractivity contribution in [3.05, 3.63) is 29.8 Å². The first-order valence-electron chi connectivity index (χ1n) is 6.29. The standard InChI is InChI=1S/C14H17NO4/c1-3-19-13-9-8-12(16)15(13)14(17)10-4-6-11(18-2)7-5-10/h4-7,13H,3,8-9H2,1-2H3. The molecule has 0 saturated carbocycles. The van der Waals surface area contributed by atoms with Crippen molar-refractivity contribution < 1.29 is 19.1 Å². The van der Waals surface area contributed by atoms with E-state index in [0.29, 0.717) is 30.8 Å². The summed E-state index contributed by atoms with van der Waals surface area (Å²) in [6.45, 7) is 2.32. The van der Waals surface area contributed by atoms with E-state index in [4.69, 9.17) is 9.47 Å². The Balaban J connectivity index is 2.18. The van der Waals surface area contributed by atoms with Gasteiger partial charge in [0.05, 0.1) is 7.11 Å². The number of nitrogens with zero attached hydrogens (tertiary/aromatic N) is 1. The highest BCUT2D eigenvalue weighted by Gasteiger charge is 2.36. The molecule has 2 amide bonds. The van der Waals surface area contributed by atoms with Crippen LogP contribution in [0.15, 0.2) is 24.3 Å². The fourth-order valence-electron chi connectivity index (χ4n) is 2.12. The Bertz CT molecular complexity index is 469. The number of likely N-dealkylation sites (tertiary alicyclic amines) is 1. The number of hydrogen-bond donors (Lipinski definition) is 0. The van der Waals surface area contributed by atoms with Crippen LogP contribution in [0.25, 0.3) is 0 Å². The third kappa shape index (κ3) is 2.76. The summed E-state index contributed by atoms with van der Waals surface area (Å²) in [5, 5.41) is 0. The minimum Gasteiger partial charge on any atom is -0.497 e. The highest BCUT2D eigenvalue weighted by atomic mass is 16.5. The van der Waals surface area contributed by atoms with Gasteiger partial charge in [0.2, 0.25) is 5.91 Å². The van der Waals surface area contributed by atoms with E-state index in [1.54, 1.807) is 31.4 Å². The highest BCUT2D eigenvalue weighted by Crippen LogP contribution is 2.23. The Kier molecular flexibility index (Phi) is 4.16. The van der Waals surface area contributed by atoms with Crippen LogP contribution in [-0.2, 0) is 9.53 Å². The molecule has 1 heterocycles. The molecule has 1 unspecified atom stereocenters. The summed E-state index contributed by atoms with van der Waals surface area (Å²) in [6.07, 6.45) is 0.480. The number of methoxy groups -OCH3 is 1. The van der Waals surface area contributed by atoms with Gasteiger partial charge in [0.1, 0.15) is 12.0 Å². The second kappa shape index (κ2) is 5.84. The first kappa shape index (κ1) is 13.5. The van der Waals surface area contributed by atoms with E-state index in [2.05, 4.69) is 0 Å². The molecule has 19 heavy (non-hydrogen) atoms. The predicted octanol–water partition coefficient (Wildman–Crippen LogP) is 1.82. The van der Waals surface area contributed by atoms with Crippen molar-refractivity contribution in [1.29, 1.82) is 0 Å². The molecule has 2 rings (SSSR count). The Morgan fingerprint density at radius 1 is 1.37 bits per heavy atom. The van der Waals surface area contributed by atoms with Crippen LogP contribution in [0.3, 0.4) is 0 Å². The Morgan fingerprint density at radius 2 is 2.05 bits per heavy atom. The Morgan fingerprint density at radius 3 is 2.63 bits per heavy atom. The quantitative estimate of drug-likeness (QED) is 0.777. The van der Waals surface area contributed by atoms with Gasteiger partial charge >= 0.3 is 0 Å². The molecular formula is C14H17NO4. The minimum absolute atomic E-state index is 0.181. The van der Waals surface area contributed by atoms with Gasteiger partial charge in [0.15, 0.2) is 0 Å². The second-order valence-electron chi connectivity index (χ2n) is 4.25. The summed E-state index contributed by atoms with van der Waals surface area (Å²) in [5.41, 5.74) is 0.459. The molecule has 5 nitrogen and oxygen atoms in total. The van der Waals surface area contributed by atoms with E-state index in [9.17, 15) is 9.59 Å². The van der Waals surface area contributed by atoms with Crippen LogP contribution in [-0.4, -0.2) is 36.7 Å². The first-order chi connectivity index (χ1) is 9.17. The number of imide groups is 1. The zero-order chi connectivity index (χ0) is 13.8. The molecule has 1 aromatic carbocycles. The molecule has 1 saturated heterocycles. The summed E-state index contributed by atoms with van der Waals surface area (Å²) >= 11 is 0. The van der Waals surface area contributed by atoms with Gasteiger partial charge in [-0.3, -0.25) is 14.5 Å². The number of amides is 2. The number of benzene rings is 1. The maximum atomic E-state index is 12.3.